The molecule has 96 valence electrons. The third-order valence-corrected chi connectivity index (χ3v) is 4.61. The summed E-state index contributed by atoms with van der Waals surface area (Å²) in [5.74, 6) is 0.737. The maximum Gasteiger partial charge on any atom is 0.0693 e. The van der Waals surface area contributed by atoms with Gasteiger partial charge in [-0.15, -0.1) is 0 Å². The van der Waals surface area contributed by atoms with Gasteiger partial charge in [-0.1, -0.05) is 30.1 Å². The lowest BCUT2D eigenvalue weighted by Gasteiger charge is -2.34. The highest BCUT2D eigenvalue weighted by Gasteiger charge is 2.34. The molecule has 0 radical (unpaired) electrons. The predicted molar refractivity (Wildman–Crippen MR) is 75.8 cm³/mol. The van der Waals surface area contributed by atoms with E-state index in [1.807, 2.05) is 12.1 Å². The summed E-state index contributed by atoms with van der Waals surface area (Å²) in [4.78, 5) is 0. The van der Waals surface area contributed by atoms with Crippen molar-refractivity contribution in [3.8, 4) is 6.07 Å². The lowest BCUT2D eigenvalue weighted by atomic mass is 9.69. The second-order valence-corrected chi connectivity index (χ2v) is 6.33. The Bertz CT molecular complexity index is 468. The third kappa shape index (κ3) is 2.99. The maximum absolute atomic E-state index is 9.52. The molecule has 1 saturated carbocycles. The molecule has 0 atom stereocenters. The molecule has 0 unspecified atom stereocenters. The van der Waals surface area contributed by atoms with Crippen molar-refractivity contribution in [2.24, 2.45) is 11.3 Å². The summed E-state index contributed by atoms with van der Waals surface area (Å²) >= 11 is 12.2. The van der Waals surface area contributed by atoms with E-state index < -0.39 is 0 Å². The zero-order chi connectivity index (χ0) is 13.2. The van der Waals surface area contributed by atoms with E-state index in [0.717, 1.165) is 43.6 Å². The molecule has 1 aromatic rings. The molecular weight excluding hydrogens is 265 g/mol. The van der Waals surface area contributed by atoms with Gasteiger partial charge in [0.25, 0.3) is 0 Å². The minimum atomic E-state index is -0.249. The Hall–Kier alpha value is -0.710. The summed E-state index contributed by atoms with van der Waals surface area (Å²) in [6.45, 7) is 2.26. The highest BCUT2D eigenvalue weighted by molar-refractivity contribution is 6.33. The second-order valence-electron chi connectivity index (χ2n) is 5.49. The van der Waals surface area contributed by atoms with Crippen LogP contribution in [0.1, 0.15) is 38.2 Å². The average Bonchev–Trinajstić information content (AvgIpc) is 2.37. The van der Waals surface area contributed by atoms with Gasteiger partial charge in [0.2, 0.25) is 0 Å². The van der Waals surface area contributed by atoms with Crippen LogP contribution in [-0.2, 0) is 6.42 Å². The van der Waals surface area contributed by atoms with Gasteiger partial charge in [-0.05, 0) is 61.8 Å². The number of hydrogen-bond donors (Lipinski definition) is 0. The fraction of sp³-hybridized carbons (Fsp3) is 0.533. The molecule has 0 N–H and O–H groups in total. The SMILES string of the molecule is CC1CCC(C#N)(Cc2cc(Cl)ccc2Cl)CC1. The topological polar surface area (TPSA) is 23.8 Å². The standard InChI is InChI=1S/C15H17Cl2N/c1-11-4-6-15(10-18,7-5-11)9-12-8-13(16)2-3-14(12)17/h2-3,8,11H,4-7,9H2,1H3. The van der Waals surface area contributed by atoms with Gasteiger partial charge in [0, 0.05) is 10.0 Å². The van der Waals surface area contributed by atoms with Crippen molar-refractivity contribution in [2.75, 3.05) is 0 Å². The molecule has 0 amide bonds. The van der Waals surface area contributed by atoms with Gasteiger partial charge in [0.1, 0.15) is 0 Å². The number of rotatable bonds is 2. The van der Waals surface area contributed by atoms with Crippen LogP contribution in [0, 0.1) is 22.7 Å². The second kappa shape index (κ2) is 5.51. The average molecular weight is 282 g/mol. The van der Waals surface area contributed by atoms with Crippen molar-refractivity contribution in [1.82, 2.24) is 0 Å². The van der Waals surface area contributed by atoms with Crippen LogP contribution in [-0.4, -0.2) is 0 Å². The smallest absolute Gasteiger partial charge is 0.0693 e. The molecule has 1 aliphatic rings. The predicted octanol–water partition coefficient (Wildman–Crippen LogP) is 5.26. The number of hydrogen-bond acceptors (Lipinski definition) is 1. The molecule has 1 aliphatic carbocycles. The summed E-state index contributed by atoms with van der Waals surface area (Å²) in [5, 5.41) is 10.9. The highest BCUT2D eigenvalue weighted by Crippen LogP contribution is 2.42. The van der Waals surface area contributed by atoms with E-state index in [2.05, 4.69) is 13.0 Å². The Morgan fingerprint density at radius 2 is 2.00 bits per heavy atom. The molecule has 0 bridgehead atoms. The summed E-state index contributed by atoms with van der Waals surface area (Å²) < 4.78 is 0. The molecule has 0 saturated heterocycles. The van der Waals surface area contributed by atoms with Crippen molar-refractivity contribution in [3.05, 3.63) is 33.8 Å². The van der Waals surface area contributed by atoms with Crippen LogP contribution in [0.3, 0.4) is 0 Å². The van der Waals surface area contributed by atoms with E-state index in [1.165, 1.54) is 0 Å². The molecule has 0 heterocycles. The number of halogens is 2. The fourth-order valence-corrected chi connectivity index (χ4v) is 3.07. The van der Waals surface area contributed by atoms with Crippen molar-refractivity contribution in [3.63, 3.8) is 0 Å². The minimum Gasteiger partial charge on any atom is -0.198 e. The Balaban J connectivity index is 2.21. The van der Waals surface area contributed by atoms with Crippen LogP contribution in [0.5, 0.6) is 0 Å². The summed E-state index contributed by atoms with van der Waals surface area (Å²) in [7, 11) is 0. The monoisotopic (exact) mass is 281 g/mol. The highest BCUT2D eigenvalue weighted by atomic mass is 35.5. The first-order valence-electron chi connectivity index (χ1n) is 6.40. The van der Waals surface area contributed by atoms with Crippen LogP contribution < -0.4 is 0 Å². The van der Waals surface area contributed by atoms with Crippen LogP contribution in [0.4, 0.5) is 0 Å². The first-order valence-corrected chi connectivity index (χ1v) is 7.15. The molecule has 2 rings (SSSR count). The maximum atomic E-state index is 9.52. The first-order chi connectivity index (χ1) is 8.54. The normalized spacial score (nSPS) is 27.8. The van der Waals surface area contributed by atoms with Crippen LogP contribution in [0.2, 0.25) is 10.0 Å². The zero-order valence-corrected chi connectivity index (χ0v) is 12.1. The van der Waals surface area contributed by atoms with Crippen molar-refractivity contribution < 1.29 is 0 Å². The van der Waals surface area contributed by atoms with Gasteiger partial charge in [0.15, 0.2) is 0 Å². The van der Waals surface area contributed by atoms with E-state index in [9.17, 15) is 5.26 Å². The molecule has 1 aromatic carbocycles. The lowest BCUT2D eigenvalue weighted by molar-refractivity contribution is 0.219. The quantitative estimate of drug-likeness (QED) is 0.726. The molecular formula is C15H17Cl2N. The minimum absolute atomic E-state index is 0.249. The van der Waals surface area contributed by atoms with Gasteiger partial charge >= 0.3 is 0 Å². The van der Waals surface area contributed by atoms with Crippen molar-refractivity contribution in [2.45, 2.75) is 39.0 Å². The van der Waals surface area contributed by atoms with E-state index >= 15 is 0 Å². The first kappa shape index (κ1) is 13.7. The lowest BCUT2D eigenvalue weighted by Crippen LogP contribution is -2.27. The van der Waals surface area contributed by atoms with Gasteiger partial charge < -0.3 is 0 Å². The summed E-state index contributed by atoms with van der Waals surface area (Å²) in [6.07, 6.45) is 4.91. The van der Waals surface area contributed by atoms with Crippen LogP contribution in [0.15, 0.2) is 18.2 Å². The summed E-state index contributed by atoms with van der Waals surface area (Å²) in [5.41, 5.74) is 0.751. The summed E-state index contributed by atoms with van der Waals surface area (Å²) in [6, 6.07) is 8.02. The van der Waals surface area contributed by atoms with E-state index in [4.69, 9.17) is 23.2 Å². The molecule has 1 fully saturated rings. The number of nitriles is 1. The molecule has 0 aromatic heterocycles. The Morgan fingerprint density at radius 1 is 1.33 bits per heavy atom. The Labute approximate surface area is 119 Å². The molecule has 0 spiro atoms. The molecule has 3 heteroatoms. The van der Waals surface area contributed by atoms with Gasteiger partial charge in [-0.2, -0.15) is 5.26 Å². The van der Waals surface area contributed by atoms with E-state index in [-0.39, 0.29) is 5.41 Å². The van der Waals surface area contributed by atoms with E-state index in [0.29, 0.717) is 10.0 Å². The van der Waals surface area contributed by atoms with Crippen LogP contribution >= 0.6 is 23.2 Å². The van der Waals surface area contributed by atoms with Crippen molar-refractivity contribution in [1.29, 1.82) is 5.26 Å². The molecule has 1 nitrogen and oxygen atoms in total. The van der Waals surface area contributed by atoms with E-state index in [1.54, 1.807) is 6.07 Å². The molecule has 0 aliphatic heterocycles. The third-order valence-electron chi connectivity index (χ3n) is 4.01. The number of nitrogens with zero attached hydrogens (tertiary/aromatic N) is 1. The zero-order valence-electron chi connectivity index (χ0n) is 10.5. The van der Waals surface area contributed by atoms with Gasteiger partial charge in [-0.3, -0.25) is 0 Å². The Kier molecular flexibility index (Phi) is 4.20. The van der Waals surface area contributed by atoms with Gasteiger partial charge in [0.05, 0.1) is 11.5 Å². The molecule has 18 heavy (non-hydrogen) atoms. The van der Waals surface area contributed by atoms with Crippen molar-refractivity contribution >= 4 is 23.2 Å². The fourth-order valence-electron chi connectivity index (χ4n) is 2.69. The largest absolute Gasteiger partial charge is 0.198 e. The Morgan fingerprint density at radius 3 is 2.61 bits per heavy atom. The van der Waals surface area contributed by atoms with Gasteiger partial charge in [-0.25, -0.2) is 0 Å². The number of benzene rings is 1. The van der Waals surface area contributed by atoms with Crippen LogP contribution in [0.25, 0.3) is 0 Å².